The second-order valence-corrected chi connectivity index (χ2v) is 5.29. The van der Waals surface area contributed by atoms with Gasteiger partial charge in [-0.3, -0.25) is 0 Å². The van der Waals surface area contributed by atoms with Crippen LogP contribution in [0.3, 0.4) is 0 Å². The van der Waals surface area contributed by atoms with Crippen LogP contribution >= 0.6 is 0 Å². The molecule has 0 saturated carbocycles. The third-order valence-electron chi connectivity index (χ3n) is 3.64. The summed E-state index contributed by atoms with van der Waals surface area (Å²) in [6.07, 6.45) is 0.517. The molecule has 2 aromatic carbocycles. The van der Waals surface area contributed by atoms with Crippen molar-refractivity contribution in [3.05, 3.63) is 53.6 Å². The predicted octanol–water partition coefficient (Wildman–Crippen LogP) is 3.67. The molecule has 114 valence electrons. The van der Waals surface area contributed by atoms with Crippen LogP contribution in [0.5, 0.6) is 0 Å². The fraction of sp³-hybridized carbons (Fsp3) is 0.235. The summed E-state index contributed by atoms with van der Waals surface area (Å²) < 4.78 is 28.8. The lowest BCUT2D eigenvalue weighted by Gasteiger charge is -2.09. The normalized spacial score (nSPS) is 11.3. The van der Waals surface area contributed by atoms with Gasteiger partial charge >= 0.3 is 0 Å². The van der Waals surface area contributed by atoms with Crippen LogP contribution < -0.4 is 0 Å². The fourth-order valence-electron chi connectivity index (χ4n) is 2.50. The van der Waals surface area contributed by atoms with Crippen molar-refractivity contribution < 1.29 is 13.9 Å². The molecule has 0 fully saturated rings. The first-order valence-electron chi connectivity index (χ1n) is 7.13. The van der Waals surface area contributed by atoms with E-state index >= 15 is 0 Å². The summed E-state index contributed by atoms with van der Waals surface area (Å²) in [5.74, 6) is -1.16. The van der Waals surface area contributed by atoms with Gasteiger partial charge in [0.25, 0.3) is 0 Å². The Labute approximate surface area is 126 Å². The van der Waals surface area contributed by atoms with Crippen LogP contribution in [0.4, 0.5) is 8.78 Å². The lowest BCUT2D eigenvalue weighted by Crippen LogP contribution is -2.03. The molecule has 3 aromatic rings. The zero-order chi connectivity index (χ0) is 15.7. The lowest BCUT2D eigenvalue weighted by atomic mass is 10.1. The lowest BCUT2D eigenvalue weighted by molar-refractivity contribution is 0.281. The summed E-state index contributed by atoms with van der Waals surface area (Å²) in [4.78, 5) is 4.44. The highest BCUT2D eigenvalue weighted by Crippen LogP contribution is 2.27. The molecule has 0 radical (unpaired) electrons. The molecule has 0 spiro atoms. The van der Waals surface area contributed by atoms with E-state index in [1.807, 2.05) is 35.8 Å². The Kier molecular flexibility index (Phi) is 3.90. The van der Waals surface area contributed by atoms with Crippen molar-refractivity contribution in [1.82, 2.24) is 9.55 Å². The van der Waals surface area contributed by atoms with Crippen molar-refractivity contribution in [2.24, 2.45) is 0 Å². The number of imidazole rings is 1. The molecule has 1 aromatic heterocycles. The number of nitrogens with zero attached hydrogens (tertiary/aromatic N) is 2. The number of hydrogen-bond acceptors (Lipinski definition) is 2. The number of rotatable bonds is 4. The molecule has 0 bridgehead atoms. The van der Waals surface area contributed by atoms with Crippen molar-refractivity contribution in [1.29, 1.82) is 0 Å². The van der Waals surface area contributed by atoms with Gasteiger partial charge in [0.15, 0.2) is 11.6 Å². The largest absolute Gasteiger partial charge is 0.396 e. The first-order chi connectivity index (χ1) is 10.6. The van der Waals surface area contributed by atoms with Gasteiger partial charge in [-0.25, -0.2) is 13.8 Å². The number of aromatic nitrogens is 2. The molecule has 22 heavy (non-hydrogen) atoms. The molecule has 5 heteroatoms. The average molecular weight is 302 g/mol. The van der Waals surface area contributed by atoms with Crippen LogP contribution in [-0.2, 0) is 6.54 Å². The summed E-state index contributed by atoms with van der Waals surface area (Å²) in [6.45, 7) is 2.50. The van der Waals surface area contributed by atoms with E-state index < -0.39 is 11.6 Å². The van der Waals surface area contributed by atoms with Crippen LogP contribution in [0.2, 0.25) is 0 Å². The number of aliphatic hydroxyl groups is 1. The maximum Gasteiger partial charge on any atom is 0.161 e. The van der Waals surface area contributed by atoms with Crippen LogP contribution in [0.25, 0.3) is 22.4 Å². The zero-order valence-corrected chi connectivity index (χ0v) is 12.2. The van der Waals surface area contributed by atoms with Gasteiger partial charge in [0.2, 0.25) is 0 Å². The Morgan fingerprint density at radius 3 is 2.45 bits per heavy atom. The van der Waals surface area contributed by atoms with Crippen LogP contribution in [0.15, 0.2) is 36.4 Å². The molecule has 1 N–H and O–H groups in total. The molecular weight excluding hydrogens is 286 g/mol. The van der Waals surface area contributed by atoms with E-state index in [1.165, 1.54) is 0 Å². The summed E-state index contributed by atoms with van der Waals surface area (Å²) in [5.41, 5.74) is 2.94. The van der Waals surface area contributed by atoms with Gasteiger partial charge in [-0.1, -0.05) is 29.8 Å². The van der Waals surface area contributed by atoms with E-state index in [0.717, 1.165) is 23.3 Å². The monoisotopic (exact) mass is 302 g/mol. The van der Waals surface area contributed by atoms with Gasteiger partial charge in [-0.05, 0) is 13.3 Å². The van der Waals surface area contributed by atoms with E-state index in [4.69, 9.17) is 5.11 Å². The first kappa shape index (κ1) is 14.7. The molecule has 0 aliphatic heterocycles. The molecule has 3 rings (SSSR count). The Hall–Kier alpha value is -2.27. The Bertz CT molecular complexity index is 810. The number of aliphatic hydroxyl groups excluding tert-OH is 1. The van der Waals surface area contributed by atoms with E-state index in [2.05, 4.69) is 4.98 Å². The molecule has 1 heterocycles. The van der Waals surface area contributed by atoms with Gasteiger partial charge in [0.1, 0.15) is 5.82 Å². The van der Waals surface area contributed by atoms with E-state index in [-0.39, 0.29) is 6.61 Å². The number of benzene rings is 2. The minimum absolute atomic E-state index is 0.0245. The molecule has 0 aliphatic carbocycles. The van der Waals surface area contributed by atoms with E-state index in [9.17, 15) is 8.78 Å². The summed E-state index contributed by atoms with van der Waals surface area (Å²) >= 11 is 0. The molecule has 0 saturated heterocycles. The first-order valence-corrected chi connectivity index (χ1v) is 7.13. The van der Waals surface area contributed by atoms with Crippen molar-refractivity contribution in [2.75, 3.05) is 6.61 Å². The van der Waals surface area contributed by atoms with E-state index in [1.54, 1.807) is 0 Å². The maximum atomic E-state index is 13.5. The van der Waals surface area contributed by atoms with Gasteiger partial charge < -0.3 is 9.67 Å². The van der Waals surface area contributed by atoms with E-state index in [0.29, 0.717) is 29.8 Å². The Balaban J connectivity index is 2.21. The zero-order valence-electron chi connectivity index (χ0n) is 12.2. The number of aryl methyl sites for hydroxylation is 2. The van der Waals surface area contributed by atoms with Gasteiger partial charge in [-0.15, -0.1) is 0 Å². The maximum absolute atomic E-state index is 13.5. The quantitative estimate of drug-likeness (QED) is 0.798. The number of fused-ring (bicyclic) bond motifs is 1. The molecule has 0 amide bonds. The summed E-state index contributed by atoms with van der Waals surface area (Å²) in [7, 11) is 0. The van der Waals surface area contributed by atoms with Crippen molar-refractivity contribution in [3.63, 3.8) is 0 Å². The standard InChI is InChI=1S/C17H16F2N2O/c1-11-3-5-12(6-4-11)17-20-15-9-13(18)14(19)10-16(15)21(17)7-2-8-22/h3-6,9-10,22H,2,7-8H2,1H3. The predicted molar refractivity (Wildman–Crippen MR) is 81.5 cm³/mol. The Morgan fingerprint density at radius 2 is 1.77 bits per heavy atom. The minimum Gasteiger partial charge on any atom is -0.396 e. The summed E-state index contributed by atoms with van der Waals surface area (Å²) in [6, 6.07) is 10.1. The third kappa shape index (κ3) is 2.60. The van der Waals surface area contributed by atoms with Gasteiger partial charge in [0.05, 0.1) is 11.0 Å². The average Bonchev–Trinajstić information content (AvgIpc) is 2.84. The van der Waals surface area contributed by atoms with Crippen LogP contribution in [0, 0.1) is 18.6 Å². The SMILES string of the molecule is Cc1ccc(-c2nc3cc(F)c(F)cc3n2CCCO)cc1. The highest BCUT2D eigenvalue weighted by atomic mass is 19.2. The topological polar surface area (TPSA) is 38.0 Å². The van der Waals surface area contributed by atoms with Crippen molar-refractivity contribution in [2.45, 2.75) is 19.9 Å². The van der Waals surface area contributed by atoms with Crippen molar-refractivity contribution >= 4 is 11.0 Å². The third-order valence-corrected chi connectivity index (χ3v) is 3.64. The number of hydrogen-bond donors (Lipinski definition) is 1. The summed E-state index contributed by atoms with van der Waals surface area (Å²) in [5, 5.41) is 9.07. The van der Waals surface area contributed by atoms with Crippen LogP contribution in [-0.4, -0.2) is 21.3 Å². The molecule has 0 unspecified atom stereocenters. The Morgan fingerprint density at radius 1 is 1.09 bits per heavy atom. The molecular formula is C17H16F2N2O. The molecule has 3 nitrogen and oxygen atoms in total. The van der Waals surface area contributed by atoms with Crippen LogP contribution in [0.1, 0.15) is 12.0 Å². The number of halogens is 2. The molecule has 0 atom stereocenters. The second kappa shape index (κ2) is 5.85. The van der Waals surface area contributed by atoms with Gasteiger partial charge in [0, 0.05) is 30.8 Å². The smallest absolute Gasteiger partial charge is 0.161 e. The highest BCUT2D eigenvalue weighted by molar-refractivity contribution is 5.81. The molecule has 0 aliphatic rings. The fourth-order valence-corrected chi connectivity index (χ4v) is 2.50. The second-order valence-electron chi connectivity index (χ2n) is 5.29. The van der Waals surface area contributed by atoms with Crippen molar-refractivity contribution in [3.8, 4) is 11.4 Å². The van der Waals surface area contributed by atoms with Gasteiger partial charge in [-0.2, -0.15) is 0 Å². The highest BCUT2D eigenvalue weighted by Gasteiger charge is 2.15. The minimum atomic E-state index is -0.908.